The van der Waals surface area contributed by atoms with Crippen LogP contribution in [0.25, 0.3) is 0 Å². The van der Waals surface area contributed by atoms with Crippen LogP contribution in [0.3, 0.4) is 0 Å². The lowest BCUT2D eigenvalue weighted by Gasteiger charge is -2.22. The van der Waals surface area contributed by atoms with Crippen molar-refractivity contribution in [1.82, 2.24) is 4.98 Å². The Kier molecular flexibility index (Phi) is 4.08. The summed E-state index contributed by atoms with van der Waals surface area (Å²) in [5.41, 5.74) is 6.78. The molecule has 1 saturated heterocycles. The summed E-state index contributed by atoms with van der Waals surface area (Å²) in [6.45, 7) is 1.30. The van der Waals surface area contributed by atoms with E-state index >= 15 is 0 Å². The number of rotatable bonds is 3. The molecule has 1 atom stereocenters. The van der Waals surface area contributed by atoms with Crippen molar-refractivity contribution in [3.8, 4) is 11.5 Å². The van der Waals surface area contributed by atoms with Gasteiger partial charge in [-0.25, -0.2) is 4.98 Å². The standard InChI is InChI=1S/C18H18N4O4/c19-16-4-1-12(9-20-16)21-18(24)11-7-17(23)22(10-11)13-2-3-14-15(8-13)26-6-5-25-14/h1-4,8-9,11H,5-7,10H2,(H2,19,20)(H,21,24). The Bertz CT molecular complexity index is 853. The van der Waals surface area contributed by atoms with E-state index in [1.807, 2.05) is 0 Å². The minimum absolute atomic E-state index is 0.0998. The van der Waals surface area contributed by atoms with E-state index in [4.69, 9.17) is 15.2 Å². The number of carbonyl (C=O) groups is 2. The molecule has 4 rings (SSSR count). The Balaban J connectivity index is 1.46. The van der Waals surface area contributed by atoms with Gasteiger partial charge in [-0.2, -0.15) is 0 Å². The van der Waals surface area contributed by atoms with Crippen LogP contribution in [0.2, 0.25) is 0 Å². The molecule has 0 radical (unpaired) electrons. The number of benzene rings is 1. The lowest BCUT2D eigenvalue weighted by molar-refractivity contribution is -0.122. The molecule has 2 aliphatic heterocycles. The van der Waals surface area contributed by atoms with E-state index in [2.05, 4.69) is 10.3 Å². The highest BCUT2D eigenvalue weighted by molar-refractivity contribution is 6.03. The molecule has 134 valence electrons. The molecule has 3 heterocycles. The van der Waals surface area contributed by atoms with Crippen molar-refractivity contribution >= 4 is 29.0 Å². The number of amides is 2. The van der Waals surface area contributed by atoms with E-state index in [9.17, 15) is 9.59 Å². The molecule has 1 aromatic heterocycles. The van der Waals surface area contributed by atoms with Gasteiger partial charge in [0.15, 0.2) is 11.5 Å². The molecule has 8 nitrogen and oxygen atoms in total. The number of aromatic nitrogens is 1. The van der Waals surface area contributed by atoms with E-state index in [0.29, 0.717) is 48.5 Å². The summed E-state index contributed by atoms with van der Waals surface area (Å²) < 4.78 is 11.1. The second kappa shape index (κ2) is 6.55. The van der Waals surface area contributed by atoms with Gasteiger partial charge in [0.25, 0.3) is 0 Å². The summed E-state index contributed by atoms with van der Waals surface area (Å²) in [5, 5.41) is 2.77. The van der Waals surface area contributed by atoms with Gasteiger partial charge in [0.2, 0.25) is 11.8 Å². The molecule has 0 aliphatic carbocycles. The maximum absolute atomic E-state index is 12.5. The lowest BCUT2D eigenvalue weighted by atomic mass is 10.1. The van der Waals surface area contributed by atoms with Gasteiger partial charge in [0, 0.05) is 24.7 Å². The van der Waals surface area contributed by atoms with E-state index < -0.39 is 5.92 Å². The zero-order chi connectivity index (χ0) is 18.1. The van der Waals surface area contributed by atoms with Crippen molar-refractivity contribution in [3.63, 3.8) is 0 Å². The molecule has 2 aliphatic rings. The smallest absolute Gasteiger partial charge is 0.229 e. The van der Waals surface area contributed by atoms with E-state index in [1.54, 1.807) is 35.2 Å². The second-order valence-corrected chi connectivity index (χ2v) is 6.19. The van der Waals surface area contributed by atoms with Crippen LogP contribution in [0, 0.1) is 5.92 Å². The zero-order valence-electron chi connectivity index (χ0n) is 14.0. The maximum atomic E-state index is 12.5. The van der Waals surface area contributed by atoms with Gasteiger partial charge in [-0.15, -0.1) is 0 Å². The van der Waals surface area contributed by atoms with Crippen LogP contribution in [0.4, 0.5) is 17.2 Å². The SMILES string of the molecule is Nc1ccc(NC(=O)C2CC(=O)N(c3ccc4c(c3)OCCO4)C2)cn1. The number of nitrogens with two attached hydrogens (primary N) is 1. The van der Waals surface area contributed by atoms with Gasteiger partial charge in [-0.05, 0) is 24.3 Å². The van der Waals surface area contributed by atoms with Gasteiger partial charge < -0.3 is 25.4 Å². The molecule has 26 heavy (non-hydrogen) atoms. The fourth-order valence-corrected chi connectivity index (χ4v) is 3.06. The fraction of sp³-hybridized carbons (Fsp3) is 0.278. The molecule has 0 spiro atoms. The third-order valence-electron chi connectivity index (χ3n) is 4.39. The fourth-order valence-electron chi connectivity index (χ4n) is 3.06. The largest absolute Gasteiger partial charge is 0.486 e. The number of fused-ring (bicyclic) bond motifs is 1. The highest BCUT2D eigenvalue weighted by Crippen LogP contribution is 2.36. The van der Waals surface area contributed by atoms with Crippen LogP contribution in [-0.4, -0.2) is 36.6 Å². The van der Waals surface area contributed by atoms with Gasteiger partial charge in [-0.1, -0.05) is 0 Å². The number of hydrogen-bond acceptors (Lipinski definition) is 6. The quantitative estimate of drug-likeness (QED) is 0.863. The van der Waals surface area contributed by atoms with Gasteiger partial charge >= 0.3 is 0 Å². The highest BCUT2D eigenvalue weighted by atomic mass is 16.6. The third kappa shape index (κ3) is 3.13. The number of nitrogens with one attached hydrogen (secondary N) is 1. The normalized spacial score (nSPS) is 18.7. The zero-order valence-corrected chi connectivity index (χ0v) is 14.0. The molecule has 1 aromatic carbocycles. The Hall–Kier alpha value is -3.29. The van der Waals surface area contributed by atoms with Gasteiger partial charge in [-0.3, -0.25) is 9.59 Å². The number of carbonyl (C=O) groups excluding carboxylic acids is 2. The molecule has 2 amide bonds. The minimum atomic E-state index is -0.437. The monoisotopic (exact) mass is 354 g/mol. The van der Waals surface area contributed by atoms with Gasteiger partial charge in [0.1, 0.15) is 19.0 Å². The summed E-state index contributed by atoms with van der Waals surface area (Å²) in [6.07, 6.45) is 1.64. The Morgan fingerprint density at radius 1 is 1.19 bits per heavy atom. The van der Waals surface area contributed by atoms with Crippen LogP contribution in [-0.2, 0) is 9.59 Å². The maximum Gasteiger partial charge on any atom is 0.229 e. The van der Waals surface area contributed by atoms with Gasteiger partial charge in [0.05, 0.1) is 17.8 Å². The van der Waals surface area contributed by atoms with Crippen LogP contribution < -0.4 is 25.4 Å². The summed E-state index contributed by atoms with van der Waals surface area (Å²) in [6, 6.07) is 8.64. The predicted molar refractivity (Wildman–Crippen MR) is 95.2 cm³/mol. The number of pyridine rings is 1. The first-order valence-electron chi connectivity index (χ1n) is 8.32. The number of anilines is 3. The topological polar surface area (TPSA) is 107 Å². The average Bonchev–Trinajstić information content (AvgIpc) is 3.05. The van der Waals surface area contributed by atoms with Crippen molar-refractivity contribution in [1.29, 1.82) is 0 Å². The Morgan fingerprint density at radius 2 is 2.00 bits per heavy atom. The minimum Gasteiger partial charge on any atom is -0.486 e. The number of nitrogens with zero attached hydrogens (tertiary/aromatic N) is 2. The number of ether oxygens (including phenoxy) is 2. The Labute approximate surface area is 149 Å². The summed E-state index contributed by atoms with van der Waals surface area (Å²) in [7, 11) is 0. The predicted octanol–water partition coefficient (Wildman–Crippen LogP) is 1.43. The van der Waals surface area contributed by atoms with Crippen LogP contribution >= 0.6 is 0 Å². The third-order valence-corrected chi connectivity index (χ3v) is 4.39. The lowest BCUT2D eigenvalue weighted by Crippen LogP contribution is -2.28. The van der Waals surface area contributed by atoms with Crippen molar-refractivity contribution in [2.45, 2.75) is 6.42 Å². The summed E-state index contributed by atoms with van der Waals surface area (Å²) in [5.74, 6) is 0.901. The molecule has 0 saturated carbocycles. The molecular formula is C18H18N4O4. The average molecular weight is 354 g/mol. The highest BCUT2D eigenvalue weighted by Gasteiger charge is 2.35. The number of hydrogen-bond donors (Lipinski definition) is 2. The van der Waals surface area contributed by atoms with Crippen LogP contribution in [0.1, 0.15) is 6.42 Å². The first-order chi connectivity index (χ1) is 12.6. The first-order valence-corrected chi connectivity index (χ1v) is 8.32. The molecule has 1 unspecified atom stereocenters. The molecule has 0 bridgehead atoms. The van der Waals surface area contributed by atoms with Crippen LogP contribution in [0.15, 0.2) is 36.5 Å². The second-order valence-electron chi connectivity index (χ2n) is 6.19. The summed E-state index contributed by atoms with van der Waals surface area (Å²) >= 11 is 0. The molecule has 2 aromatic rings. The van der Waals surface area contributed by atoms with E-state index in [1.165, 1.54) is 6.20 Å². The van der Waals surface area contributed by atoms with E-state index in [0.717, 1.165) is 0 Å². The number of nitrogen functional groups attached to an aromatic ring is 1. The Morgan fingerprint density at radius 3 is 2.77 bits per heavy atom. The van der Waals surface area contributed by atoms with Crippen molar-refractivity contribution in [3.05, 3.63) is 36.5 Å². The van der Waals surface area contributed by atoms with Crippen molar-refractivity contribution < 1.29 is 19.1 Å². The molecular weight excluding hydrogens is 336 g/mol. The molecule has 3 N–H and O–H groups in total. The van der Waals surface area contributed by atoms with Crippen LogP contribution in [0.5, 0.6) is 11.5 Å². The van der Waals surface area contributed by atoms with Crippen molar-refractivity contribution in [2.75, 3.05) is 35.7 Å². The molecule has 1 fully saturated rings. The summed E-state index contributed by atoms with van der Waals surface area (Å²) in [4.78, 5) is 30.4. The first kappa shape index (κ1) is 16.2. The van der Waals surface area contributed by atoms with E-state index in [-0.39, 0.29) is 18.2 Å². The van der Waals surface area contributed by atoms with Crippen molar-refractivity contribution in [2.24, 2.45) is 5.92 Å². The molecule has 8 heteroatoms.